The molecular formula is C60H46N4O2. The normalized spacial score (nSPS) is 15.0. The number of pyridine rings is 2. The molecule has 12 aromatic rings. The number of anilines is 6. The zero-order valence-corrected chi connectivity index (χ0v) is 36.6. The molecule has 2 fully saturated rings. The standard InChI is InChI=1S/C60H46N4O2/c1-3-19-39(20-4-1)63(41-27-29-47-45-23-11-13-25-53(45)65-55(47)35-41)43-31-49-57-51(33-43)61-60(38-17-9-10-18-38)50-32-44(34-52(58(50)57)62-59(49)37-15-7-8-16-37)64(40-21-5-2-6-22-40)42-28-30-48-46-24-12-14-26-54(46)66-56(48)36-42/h1-6,11-14,19-38H,7-10,15-18H2. The number of para-hydroxylation sites is 4. The van der Waals surface area contributed by atoms with Gasteiger partial charge in [0.15, 0.2) is 0 Å². The lowest BCUT2D eigenvalue weighted by Gasteiger charge is -2.29. The fourth-order valence-electron chi connectivity index (χ4n) is 11.7. The Balaban J connectivity index is 1.03. The first-order valence-electron chi connectivity index (χ1n) is 23.8. The fourth-order valence-corrected chi connectivity index (χ4v) is 11.7. The lowest BCUT2D eigenvalue weighted by atomic mass is 9.89. The van der Waals surface area contributed by atoms with Gasteiger partial charge in [0, 0.05) is 101 Å². The zero-order valence-electron chi connectivity index (χ0n) is 36.6. The summed E-state index contributed by atoms with van der Waals surface area (Å²) >= 11 is 0. The van der Waals surface area contributed by atoms with Crippen LogP contribution in [0.25, 0.3) is 76.5 Å². The van der Waals surface area contributed by atoms with Crippen LogP contribution in [0.1, 0.15) is 74.6 Å². The average Bonchev–Trinajstić information content (AvgIpc) is 4.21. The smallest absolute Gasteiger partial charge is 0.137 e. The van der Waals surface area contributed by atoms with Crippen molar-refractivity contribution in [3.63, 3.8) is 0 Å². The molecule has 4 aromatic heterocycles. The molecule has 0 bridgehead atoms. The first kappa shape index (κ1) is 37.7. The van der Waals surface area contributed by atoms with Crippen LogP contribution in [0.2, 0.25) is 0 Å². The van der Waals surface area contributed by atoms with Crippen LogP contribution in [0, 0.1) is 0 Å². The van der Waals surface area contributed by atoms with Gasteiger partial charge in [-0.05, 0) is 111 Å². The number of furan rings is 2. The van der Waals surface area contributed by atoms with Gasteiger partial charge in [-0.15, -0.1) is 0 Å². The van der Waals surface area contributed by atoms with Crippen molar-refractivity contribution in [2.75, 3.05) is 9.80 Å². The predicted molar refractivity (Wildman–Crippen MR) is 272 cm³/mol. The SMILES string of the molecule is c1ccc(N(c2ccc3c(c2)oc2ccccc23)c2cc3nc(C4CCCC4)c4cc(N(c5ccccc5)c5ccc6c(c5)oc5ccccc56)cc5nc(C6CCCC6)c(c2)c3c54)cc1. The molecule has 8 aromatic carbocycles. The van der Waals surface area contributed by atoms with Crippen molar-refractivity contribution >= 4 is 111 Å². The molecule has 0 radical (unpaired) electrons. The molecule has 6 heteroatoms. The Labute approximate surface area is 382 Å². The van der Waals surface area contributed by atoms with E-state index in [2.05, 4.69) is 168 Å². The minimum absolute atomic E-state index is 0.364. The Morgan fingerprint density at radius 3 is 1.17 bits per heavy atom. The van der Waals surface area contributed by atoms with Gasteiger partial charge in [0.2, 0.25) is 0 Å². The molecule has 0 amide bonds. The Morgan fingerprint density at radius 2 is 0.727 bits per heavy atom. The number of fused-ring (bicyclic) bond motifs is 6. The third-order valence-electron chi connectivity index (χ3n) is 14.8. The summed E-state index contributed by atoms with van der Waals surface area (Å²) in [6.07, 6.45) is 9.40. The monoisotopic (exact) mass is 854 g/mol. The topological polar surface area (TPSA) is 58.5 Å². The van der Waals surface area contributed by atoms with E-state index < -0.39 is 0 Å². The van der Waals surface area contributed by atoms with E-state index in [0.29, 0.717) is 11.8 Å². The Kier molecular flexibility index (Phi) is 8.52. The van der Waals surface area contributed by atoms with Crippen LogP contribution in [0.3, 0.4) is 0 Å². The quantitative estimate of drug-likeness (QED) is 0.142. The van der Waals surface area contributed by atoms with E-state index in [1.165, 1.54) is 58.6 Å². The lowest BCUT2D eigenvalue weighted by Crippen LogP contribution is -2.12. The van der Waals surface area contributed by atoms with E-state index in [9.17, 15) is 0 Å². The van der Waals surface area contributed by atoms with E-state index >= 15 is 0 Å². The first-order chi connectivity index (χ1) is 32.7. The van der Waals surface area contributed by atoms with E-state index in [1.807, 2.05) is 12.1 Å². The number of hydrogen-bond donors (Lipinski definition) is 0. The van der Waals surface area contributed by atoms with Crippen molar-refractivity contribution in [3.05, 3.63) is 181 Å². The van der Waals surface area contributed by atoms with Crippen LogP contribution in [0.5, 0.6) is 0 Å². The molecule has 4 heterocycles. The van der Waals surface area contributed by atoms with Crippen molar-refractivity contribution in [2.24, 2.45) is 0 Å². The van der Waals surface area contributed by atoms with Gasteiger partial charge in [-0.2, -0.15) is 0 Å². The van der Waals surface area contributed by atoms with E-state index in [4.69, 9.17) is 18.8 Å². The van der Waals surface area contributed by atoms with E-state index in [-0.39, 0.29) is 0 Å². The number of aromatic nitrogens is 2. The predicted octanol–water partition coefficient (Wildman–Crippen LogP) is 17.4. The summed E-state index contributed by atoms with van der Waals surface area (Å²) in [4.78, 5) is 16.5. The molecule has 0 N–H and O–H groups in total. The minimum atomic E-state index is 0.364. The van der Waals surface area contributed by atoms with E-state index in [1.54, 1.807) is 0 Å². The second-order valence-corrected chi connectivity index (χ2v) is 18.6. The summed E-state index contributed by atoms with van der Waals surface area (Å²) in [6, 6.07) is 60.9. The summed E-state index contributed by atoms with van der Waals surface area (Å²) in [5.41, 5.74) is 14.4. The van der Waals surface area contributed by atoms with Crippen LogP contribution in [0.4, 0.5) is 34.1 Å². The Morgan fingerprint density at radius 1 is 0.333 bits per heavy atom. The maximum Gasteiger partial charge on any atom is 0.137 e. The second-order valence-electron chi connectivity index (χ2n) is 18.6. The largest absolute Gasteiger partial charge is 0.456 e. The molecule has 0 saturated heterocycles. The van der Waals surface area contributed by atoms with Crippen LogP contribution >= 0.6 is 0 Å². The third kappa shape index (κ3) is 5.94. The summed E-state index contributed by atoms with van der Waals surface area (Å²) in [7, 11) is 0. The third-order valence-corrected chi connectivity index (χ3v) is 14.8. The molecule has 14 rings (SSSR count). The van der Waals surface area contributed by atoms with Crippen LogP contribution in [-0.4, -0.2) is 9.97 Å². The molecule has 2 saturated carbocycles. The van der Waals surface area contributed by atoms with Gasteiger partial charge >= 0.3 is 0 Å². The molecule has 0 aliphatic heterocycles. The molecule has 0 atom stereocenters. The fraction of sp³-hybridized carbons (Fsp3) is 0.167. The van der Waals surface area contributed by atoms with Gasteiger partial charge in [-0.1, -0.05) is 98.5 Å². The maximum atomic E-state index is 6.49. The van der Waals surface area contributed by atoms with Crippen LogP contribution in [0.15, 0.2) is 179 Å². The van der Waals surface area contributed by atoms with Crippen LogP contribution < -0.4 is 9.80 Å². The van der Waals surface area contributed by atoms with Gasteiger partial charge in [0.25, 0.3) is 0 Å². The summed E-state index contributed by atoms with van der Waals surface area (Å²) < 4.78 is 13.0. The molecule has 2 aliphatic rings. The average molecular weight is 855 g/mol. The number of hydrogen-bond acceptors (Lipinski definition) is 6. The van der Waals surface area contributed by atoms with Crippen LogP contribution in [-0.2, 0) is 0 Å². The van der Waals surface area contributed by atoms with Gasteiger partial charge in [-0.25, -0.2) is 0 Å². The molecule has 6 nitrogen and oxygen atoms in total. The zero-order chi connectivity index (χ0) is 43.3. The highest BCUT2D eigenvalue weighted by atomic mass is 16.3. The maximum absolute atomic E-state index is 6.49. The molecular weight excluding hydrogens is 809 g/mol. The minimum Gasteiger partial charge on any atom is -0.456 e. The number of rotatable bonds is 8. The lowest BCUT2D eigenvalue weighted by molar-refractivity contribution is 0.668. The molecule has 66 heavy (non-hydrogen) atoms. The summed E-state index contributed by atoms with van der Waals surface area (Å²) in [5.74, 6) is 0.727. The highest BCUT2D eigenvalue weighted by Crippen LogP contribution is 2.50. The molecule has 2 aliphatic carbocycles. The van der Waals surface area contributed by atoms with E-state index in [0.717, 1.165) is 115 Å². The molecule has 0 unspecified atom stereocenters. The second kappa shape index (κ2) is 14.9. The van der Waals surface area contributed by atoms with Gasteiger partial charge in [0.1, 0.15) is 22.3 Å². The summed E-state index contributed by atoms with van der Waals surface area (Å²) in [6.45, 7) is 0. The number of nitrogens with zero attached hydrogens (tertiary/aromatic N) is 4. The highest BCUT2D eigenvalue weighted by molar-refractivity contribution is 6.24. The number of benzene rings is 8. The van der Waals surface area contributed by atoms with Gasteiger partial charge in [0.05, 0.1) is 22.4 Å². The molecule has 0 spiro atoms. The van der Waals surface area contributed by atoms with Crippen molar-refractivity contribution in [1.29, 1.82) is 0 Å². The van der Waals surface area contributed by atoms with Crippen molar-refractivity contribution < 1.29 is 8.83 Å². The van der Waals surface area contributed by atoms with Crippen molar-refractivity contribution in [2.45, 2.75) is 63.2 Å². The Bertz CT molecular complexity index is 3550. The van der Waals surface area contributed by atoms with Crippen molar-refractivity contribution in [1.82, 2.24) is 9.97 Å². The van der Waals surface area contributed by atoms with Crippen molar-refractivity contribution in [3.8, 4) is 0 Å². The van der Waals surface area contributed by atoms with Gasteiger partial charge < -0.3 is 18.6 Å². The first-order valence-corrected chi connectivity index (χ1v) is 23.8. The highest BCUT2D eigenvalue weighted by Gasteiger charge is 2.30. The molecule has 318 valence electrons. The van der Waals surface area contributed by atoms with Gasteiger partial charge in [-0.3, -0.25) is 9.97 Å². The Hall–Kier alpha value is -7.70. The summed E-state index contributed by atoms with van der Waals surface area (Å²) in [5, 5.41) is 9.38.